The van der Waals surface area contributed by atoms with Crippen LogP contribution >= 0.6 is 11.8 Å². The van der Waals surface area contributed by atoms with Gasteiger partial charge in [-0.25, -0.2) is 0 Å². The topological polar surface area (TPSA) is 17.1 Å². The summed E-state index contributed by atoms with van der Waals surface area (Å²) >= 11 is 1.28. The molecule has 0 fully saturated rings. The Labute approximate surface area is 115 Å². The number of halogens is 6. The largest absolute Gasteiger partial charge is 0.416 e. The summed E-state index contributed by atoms with van der Waals surface area (Å²) in [6.45, 7) is 0. The molecule has 0 aliphatic carbocycles. The van der Waals surface area contributed by atoms with Crippen LogP contribution < -0.4 is 0 Å². The Morgan fingerprint density at radius 3 is 1.80 bits per heavy atom. The molecule has 0 N–H and O–H groups in total. The van der Waals surface area contributed by atoms with Crippen molar-refractivity contribution in [1.82, 2.24) is 0 Å². The van der Waals surface area contributed by atoms with Crippen LogP contribution in [0.3, 0.4) is 0 Å². The normalized spacial score (nSPS) is 12.6. The van der Waals surface area contributed by atoms with E-state index in [-0.39, 0.29) is 12.5 Å². The number of carbonyl (C=O) groups is 1. The molecule has 0 saturated heterocycles. The summed E-state index contributed by atoms with van der Waals surface area (Å²) in [5.74, 6) is -0.410. The maximum Gasteiger partial charge on any atom is 0.416 e. The van der Waals surface area contributed by atoms with Crippen molar-refractivity contribution in [2.75, 3.05) is 12.0 Å². The Hall–Kier alpha value is -1.18. The lowest BCUT2D eigenvalue weighted by atomic mass is 10.0. The van der Waals surface area contributed by atoms with Crippen molar-refractivity contribution in [3.05, 3.63) is 34.9 Å². The van der Waals surface area contributed by atoms with Gasteiger partial charge in [0.05, 0.1) is 11.1 Å². The smallest absolute Gasteiger partial charge is 0.294 e. The number of rotatable bonds is 4. The van der Waals surface area contributed by atoms with Crippen molar-refractivity contribution in [3.8, 4) is 0 Å². The molecule has 0 heterocycles. The van der Waals surface area contributed by atoms with E-state index < -0.39 is 34.8 Å². The molecule has 8 heteroatoms. The van der Waals surface area contributed by atoms with Crippen molar-refractivity contribution in [1.29, 1.82) is 0 Å². The zero-order valence-corrected chi connectivity index (χ0v) is 11.0. The number of benzene rings is 1. The fraction of sp³-hybridized carbons (Fsp3) is 0.417. The molecule has 0 amide bonds. The maximum atomic E-state index is 12.6. The SMILES string of the molecule is CSCCC(=O)c1cc(C(F)(F)F)cc(C(F)(F)F)c1. The van der Waals surface area contributed by atoms with Gasteiger partial charge < -0.3 is 0 Å². The number of thioether (sulfide) groups is 1. The number of Topliss-reactive ketones (excluding diaryl/α,β-unsaturated/α-hetero) is 1. The Kier molecular flexibility index (Phi) is 5.12. The standard InChI is InChI=1S/C12H10F6OS/c1-20-3-2-10(19)7-4-8(11(13,14)15)6-9(5-7)12(16,17)18/h4-6H,2-3H2,1H3. The molecule has 1 rings (SSSR count). The molecule has 1 nitrogen and oxygen atoms in total. The van der Waals surface area contributed by atoms with Gasteiger partial charge in [-0.05, 0) is 24.5 Å². The fourth-order valence-corrected chi connectivity index (χ4v) is 1.84. The van der Waals surface area contributed by atoms with Crippen LogP contribution in [-0.4, -0.2) is 17.8 Å². The van der Waals surface area contributed by atoms with Gasteiger partial charge in [-0.2, -0.15) is 38.1 Å². The summed E-state index contributed by atoms with van der Waals surface area (Å²) in [4.78, 5) is 11.6. The van der Waals surface area contributed by atoms with Gasteiger partial charge in [0.25, 0.3) is 0 Å². The molecule has 0 aromatic heterocycles. The number of hydrogen-bond acceptors (Lipinski definition) is 2. The molecule has 0 spiro atoms. The summed E-state index contributed by atoms with van der Waals surface area (Å²) < 4.78 is 75.4. The second kappa shape index (κ2) is 6.07. The van der Waals surface area contributed by atoms with E-state index in [9.17, 15) is 31.1 Å². The molecule has 0 bridgehead atoms. The first-order chi connectivity index (χ1) is 9.05. The average Bonchev–Trinajstić information content (AvgIpc) is 2.33. The number of ketones is 1. The third-order valence-electron chi connectivity index (χ3n) is 2.44. The molecule has 20 heavy (non-hydrogen) atoms. The Balaban J connectivity index is 3.27. The molecule has 0 radical (unpaired) electrons. The van der Waals surface area contributed by atoms with Crippen molar-refractivity contribution >= 4 is 17.5 Å². The van der Waals surface area contributed by atoms with Crippen molar-refractivity contribution < 1.29 is 31.1 Å². The predicted octanol–water partition coefficient (Wildman–Crippen LogP) is 4.66. The summed E-state index contributed by atoms with van der Waals surface area (Å²) in [5, 5.41) is 0. The number of alkyl halides is 6. The van der Waals surface area contributed by atoms with Crippen LogP contribution in [0.5, 0.6) is 0 Å². The molecular weight excluding hydrogens is 306 g/mol. The molecule has 0 atom stereocenters. The summed E-state index contributed by atoms with van der Waals surface area (Å²) in [6, 6.07) is 0.918. The van der Waals surface area contributed by atoms with E-state index in [1.54, 1.807) is 6.26 Å². The van der Waals surface area contributed by atoms with Crippen LogP contribution in [0.2, 0.25) is 0 Å². The van der Waals surface area contributed by atoms with Crippen LogP contribution in [0.1, 0.15) is 27.9 Å². The molecule has 0 aliphatic rings. The van der Waals surface area contributed by atoms with Gasteiger partial charge in [-0.3, -0.25) is 4.79 Å². The molecule has 0 saturated carbocycles. The highest BCUT2D eigenvalue weighted by Gasteiger charge is 2.37. The molecule has 1 aromatic rings. The van der Waals surface area contributed by atoms with E-state index in [0.717, 1.165) is 0 Å². The van der Waals surface area contributed by atoms with E-state index in [1.165, 1.54) is 11.8 Å². The molecule has 112 valence electrons. The van der Waals surface area contributed by atoms with E-state index in [2.05, 4.69) is 0 Å². The van der Waals surface area contributed by atoms with Crippen LogP contribution in [-0.2, 0) is 12.4 Å². The summed E-state index contributed by atoms with van der Waals surface area (Å²) in [5.41, 5.74) is -3.51. The lowest BCUT2D eigenvalue weighted by molar-refractivity contribution is -0.143. The predicted molar refractivity (Wildman–Crippen MR) is 63.8 cm³/mol. The van der Waals surface area contributed by atoms with E-state index in [4.69, 9.17) is 0 Å². The first-order valence-corrected chi connectivity index (χ1v) is 6.76. The minimum absolute atomic E-state index is 0.00531. The highest BCUT2D eigenvalue weighted by molar-refractivity contribution is 7.98. The van der Waals surface area contributed by atoms with Gasteiger partial charge in [0.2, 0.25) is 0 Å². The fourth-order valence-electron chi connectivity index (χ4n) is 1.46. The Morgan fingerprint density at radius 2 is 1.45 bits per heavy atom. The van der Waals surface area contributed by atoms with Gasteiger partial charge in [-0.1, -0.05) is 0 Å². The minimum atomic E-state index is -4.93. The number of hydrogen-bond donors (Lipinski definition) is 0. The average molecular weight is 316 g/mol. The first kappa shape index (κ1) is 16.9. The van der Waals surface area contributed by atoms with Gasteiger partial charge in [0.1, 0.15) is 0 Å². The van der Waals surface area contributed by atoms with Crippen LogP contribution in [0, 0.1) is 0 Å². The summed E-state index contributed by atoms with van der Waals surface area (Å²) in [6.07, 6.45) is -8.30. The highest BCUT2D eigenvalue weighted by Crippen LogP contribution is 2.36. The van der Waals surface area contributed by atoms with Gasteiger partial charge in [-0.15, -0.1) is 0 Å². The zero-order valence-electron chi connectivity index (χ0n) is 10.2. The molecule has 0 aliphatic heterocycles. The zero-order chi connectivity index (χ0) is 15.6. The lowest BCUT2D eigenvalue weighted by Gasteiger charge is -2.13. The number of carbonyl (C=O) groups excluding carboxylic acids is 1. The molecular formula is C12H10F6OS. The highest BCUT2D eigenvalue weighted by atomic mass is 32.2. The second-order valence-corrected chi connectivity index (χ2v) is 4.95. The summed E-state index contributed by atoms with van der Waals surface area (Å²) in [7, 11) is 0. The van der Waals surface area contributed by atoms with E-state index in [0.29, 0.717) is 17.9 Å². The third kappa shape index (κ3) is 4.43. The maximum absolute atomic E-state index is 12.6. The molecule has 1 aromatic carbocycles. The van der Waals surface area contributed by atoms with Gasteiger partial charge >= 0.3 is 12.4 Å². The van der Waals surface area contributed by atoms with Crippen LogP contribution in [0.4, 0.5) is 26.3 Å². The van der Waals surface area contributed by atoms with Crippen LogP contribution in [0.15, 0.2) is 18.2 Å². The second-order valence-electron chi connectivity index (χ2n) is 3.96. The van der Waals surface area contributed by atoms with E-state index >= 15 is 0 Å². The third-order valence-corrected chi connectivity index (χ3v) is 3.06. The molecule has 0 unspecified atom stereocenters. The quantitative estimate of drug-likeness (QED) is 0.593. The van der Waals surface area contributed by atoms with E-state index in [1.807, 2.05) is 0 Å². The lowest BCUT2D eigenvalue weighted by Crippen LogP contribution is -2.13. The van der Waals surface area contributed by atoms with Crippen LogP contribution in [0.25, 0.3) is 0 Å². The van der Waals surface area contributed by atoms with Crippen molar-refractivity contribution in [2.24, 2.45) is 0 Å². The Morgan fingerprint density at radius 1 is 1.00 bits per heavy atom. The van der Waals surface area contributed by atoms with Crippen molar-refractivity contribution in [3.63, 3.8) is 0 Å². The van der Waals surface area contributed by atoms with Crippen molar-refractivity contribution in [2.45, 2.75) is 18.8 Å². The first-order valence-electron chi connectivity index (χ1n) is 5.37. The monoisotopic (exact) mass is 316 g/mol. The Bertz CT molecular complexity index is 459. The minimum Gasteiger partial charge on any atom is -0.294 e. The van der Waals surface area contributed by atoms with Gasteiger partial charge in [0.15, 0.2) is 5.78 Å². The van der Waals surface area contributed by atoms with Gasteiger partial charge in [0, 0.05) is 17.7 Å².